The van der Waals surface area contributed by atoms with Gasteiger partial charge in [0.25, 0.3) is 0 Å². The molecule has 0 unspecified atom stereocenters. The molecule has 128 valence electrons. The molecule has 1 aromatic rings. The van der Waals surface area contributed by atoms with Crippen molar-refractivity contribution in [2.24, 2.45) is 0 Å². The van der Waals surface area contributed by atoms with E-state index in [0.717, 1.165) is 32.5 Å². The van der Waals surface area contributed by atoms with Crippen molar-refractivity contribution in [1.82, 2.24) is 9.80 Å². The van der Waals surface area contributed by atoms with Gasteiger partial charge < -0.3 is 9.84 Å². The van der Waals surface area contributed by atoms with Crippen LogP contribution in [0.15, 0.2) is 18.2 Å². The van der Waals surface area contributed by atoms with Gasteiger partial charge >= 0.3 is 5.97 Å². The Morgan fingerprint density at radius 3 is 2.70 bits per heavy atom. The molecule has 0 radical (unpaired) electrons. The zero-order valence-electron chi connectivity index (χ0n) is 13.2. The van der Waals surface area contributed by atoms with E-state index in [1.807, 2.05) is 11.9 Å². The SMILES string of the molecule is CN(CC(=O)O)C1CCN(CCOc2ccc(Cl)cc2Cl)CC1. The van der Waals surface area contributed by atoms with Crippen LogP contribution in [0.3, 0.4) is 0 Å². The van der Waals surface area contributed by atoms with Crippen molar-refractivity contribution in [1.29, 1.82) is 0 Å². The number of hydrogen-bond donors (Lipinski definition) is 1. The number of carboxylic acids is 1. The van der Waals surface area contributed by atoms with E-state index in [2.05, 4.69) is 4.90 Å². The summed E-state index contributed by atoms with van der Waals surface area (Å²) in [5, 5.41) is 9.96. The van der Waals surface area contributed by atoms with Crippen LogP contribution in [0, 0.1) is 0 Å². The van der Waals surface area contributed by atoms with Crippen molar-refractivity contribution in [3.63, 3.8) is 0 Å². The number of likely N-dealkylation sites (tertiary alicyclic amines) is 1. The molecule has 0 spiro atoms. The second-order valence-electron chi connectivity index (χ2n) is 5.80. The highest BCUT2D eigenvalue weighted by molar-refractivity contribution is 6.35. The standard InChI is InChI=1S/C16H22Cl2N2O3/c1-19(11-16(21)22)13-4-6-20(7-5-13)8-9-23-15-3-2-12(17)10-14(15)18/h2-3,10,13H,4-9,11H2,1H3,(H,21,22). The van der Waals surface area contributed by atoms with E-state index in [0.29, 0.717) is 28.4 Å². The van der Waals surface area contributed by atoms with E-state index >= 15 is 0 Å². The van der Waals surface area contributed by atoms with E-state index in [4.69, 9.17) is 33.0 Å². The van der Waals surface area contributed by atoms with E-state index in [1.54, 1.807) is 18.2 Å². The highest BCUT2D eigenvalue weighted by atomic mass is 35.5. The molecule has 2 rings (SSSR count). The fourth-order valence-corrected chi connectivity index (χ4v) is 3.27. The maximum Gasteiger partial charge on any atom is 0.317 e. The number of rotatable bonds is 7. The van der Waals surface area contributed by atoms with Gasteiger partial charge in [-0.05, 0) is 51.2 Å². The zero-order chi connectivity index (χ0) is 16.8. The van der Waals surface area contributed by atoms with Gasteiger partial charge in [0.2, 0.25) is 0 Å². The number of likely N-dealkylation sites (N-methyl/N-ethyl adjacent to an activating group) is 1. The molecule has 0 aliphatic carbocycles. The molecule has 1 fully saturated rings. The van der Waals surface area contributed by atoms with Gasteiger partial charge in [0, 0.05) is 17.6 Å². The monoisotopic (exact) mass is 360 g/mol. The Hall–Kier alpha value is -1.01. The minimum Gasteiger partial charge on any atom is -0.491 e. The molecule has 1 aliphatic rings. The highest BCUT2D eigenvalue weighted by Gasteiger charge is 2.23. The topological polar surface area (TPSA) is 53.0 Å². The van der Waals surface area contributed by atoms with Gasteiger partial charge in [-0.1, -0.05) is 23.2 Å². The summed E-state index contributed by atoms with van der Waals surface area (Å²) in [6, 6.07) is 5.54. The first-order chi connectivity index (χ1) is 11.0. The summed E-state index contributed by atoms with van der Waals surface area (Å²) in [5.74, 6) is -0.129. The van der Waals surface area contributed by atoms with Crippen LogP contribution < -0.4 is 4.74 Å². The van der Waals surface area contributed by atoms with Gasteiger partial charge in [0.15, 0.2) is 0 Å². The number of ether oxygens (including phenoxy) is 1. The highest BCUT2D eigenvalue weighted by Crippen LogP contribution is 2.27. The Kier molecular flexibility index (Phi) is 6.96. The summed E-state index contributed by atoms with van der Waals surface area (Å²) in [6.07, 6.45) is 1.96. The molecule has 0 amide bonds. The number of aliphatic carboxylic acids is 1. The molecule has 0 atom stereocenters. The summed E-state index contributed by atoms with van der Waals surface area (Å²) < 4.78 is 5.70. The summed E-state index contributed by atoms with van der Waals surface area (Å²) in [7, 11) is 1.88. The van der Waals surface area contributed by atoms with E-state index in [9.17, 15) is 4.79 Å². The molecule has 5 nitrogen and oxygen atoms in total. The third-order valence-electron chi connectivity index (χ3n) is 4.12. The number of piperidine rings is 1. The van der Waals surface area contributed by atoms with Crippen LogP contribution in [0.5, 0.6) is 5.75 Å². The Balaban J connectivity index is 1.69. The van der Waals surface area contributed by atoms with Crippen LogP contribution in [0.1, 0.15) is 12.8 Å². The maximum atomic E-state index is 10.8. The summed E-state index contributed by atoms with van der Waals surface area (Å²) in [5.41, 5.74) is 0. The van der Waals surface area contributed by atoms with Crippen LogP contribution in [-0.2, 0) is 4.79 Å². The van der Waals surface area contributed by atoms with Crippen molar-refractivity contribution in [2.45, 2.75) is 18.9 Å². The Morgan fingerprint density at radius 1 is 1.39 bits per heavy atom. The number of nitrogens with zero attached hydrogens (tertiary/aromatic N) is 2. The molecular weight excluding hydrogens is 339 g/mol. The van der Waals surface area contributed by atoms with Crippen molar-refractivity contribution >= 4 is 29.2 Å². The molecule has 1 aliphatic heterocycles. The predicted molar refractivity (Wildman–Crippen MR) is 91.7 cm³/mol. The van der Waals surface area contributed by atoms with Crippen LogP contribution in [0.2, 0.25) is 10.0 Å². The van der Waals surface area contributed by atoms with Crippen LogP contribution in [-0.4, -0.2) is 66.8 Å². The zero-order valence-corrected chi connectivity index (χ0v) is 14.7. The second-order valence-corrected chi connectivity index (χ2v) is 6.65. The van der Waals surface area contributed by atoms with E-state index in [1.165, 1.54) is 0 Å². The number of carboxylic acid groups (broad SMARTS) is 1. The van der Waals surface area contributed by atoms with Crippen molar-refractivity contribution in [2.75, 3.05) is 39.8 Å². The van der Waals surface area contributed by atoms with Gasteiger partial charge in [-0.15, -0.1) is 0 Å². The lowest BCUT2D eigenvalue weighted by Gasteiger charge is -2.36. The van der Waals surface area contributed by atoms with Gasteiger partial charge in [0.1, 0.15) is 12.4 Å². The second kappa shape index (κ2) is 8.73. The first kappa shape index (κ1) is 18.3. The van der Waals surface area contributed by atoms with Crippen molar-refractivity contribution < 1.29 is 14.6 Å². The smallest absolute Gasteiger partial charge is 0.317 e. The molecule has 0 saturated carbocycles. The normalized spacial score (nSPS) is 16.7. The quantitative estimate of drug-likeness (QED) is 0.810. The van der Waals surface area contributed by atoms with Crippen LogP contribution in [0.4, 0.5) is 0 Å². The van der Waals surface area contributed by atoms with Crippen LogP contribution in [0.25, 0.3) is 0 Å². The summed E-state index contributed by atoms with van der Waals surface area (Å²) in [6.45, 7) is 3.40. The summed E-state index contributed by atoms with van der Waals surface area (Å²) >= 11 is 11.9. The number of halogens is 2. The van der Waals surface area contributed by atoms with Gasteiger partial charge in [-0.25, -0.2) is 0 Å². The summed E-state index contributed by atoms with van der Waals surface area (Å²) in [4.78, 5) is 15.0. The molecule has 1 saturated heterocycles. The lowest BCUT2D eigenvalue weighted by Crippen LogP contribution is -2.45. The van der Waals surface area contributed by atoms with Crippen molar-refractivity contribution in [3.05, 3.63) is 28.2 Å². The molecule has 1 heterocycles. The third-order valence-corrected chi connectivity index (χ3v) is 4.65. The predicted octanol–water partition coefficient (Wildman–Crippen LogP) is 2.85. The number of benzene rings is 1. The molecule has 0 aromatic heterocycles. The maximum absolute atomic E-state index is 10.8. The van der Waals surface area contributed by atoms with Gasteiger partial charge in [-0.3, -0.25) is 14.6 Å². The van der Waals surface area contributed by atoms with Gasteiger partial charge in [-0.2, -0.15) is 0 Å². The number of carbonyl (C=O) groups is 1. The first-order valence-corrected chi connectivity index (χ1v) is 8.43. The Morgan fingerprint density at radius 2 is 2.09 bits per heavy atom. The molecule has 1 N–H and O–H groups in total. The van der Waals surface area contributed by atoms with E-state index < -0.39 is 5.97 Å². The lowest BCUT2D eigenvalue weighted by molar-refractivity contribution is -0.138. The minimum atomic E-state index is -0.775. The third kappa shape index (κ3) is 5.84. The Labute approximate surface area is 146 Å². The first-order valence-electron chi connectivity index (χ1n) is 7.68. The molecule has 7 heteroatoms. The minimum absolute atomic E-state index is 0.100. The Bertz CT molecular complexity index is 534. The van der Waals surface area contributed by atoms with E-state index in [-0.39, 0.29) is 6.54 Å². The molecular formula is C16H22Cl2N2O3. The molecule has 23 heavy (non-hydrogen) atoms. The number of hydrogen-bond acceptors (Lipinski definition) is 4. The fraction of sp³-hybridized carbons (Fsp3) is 0.562. The molecule has 1 aromatic carbocycles. The molecule has 0 bridgehead atoms. The average molecular weight is 361 g/mol. The van der Waals surface area contributed by atoms with Crippen molar-refractivity contribution in [3.8, 4) is 5.75 Å². The van der Waals surface area contributed by atoms with Crippen LogP contribution >= 0.6 is 23.2 Å². The van der Waals surface area contributed by atoms with Gasteiger partial charge in [0.05, 0.1) is 11.6 Å². The largest absolute Gasteiger partial charge is 0.491 e. The lowest BCUT2D eigenvalue weighted by atomic mass is 10.0. The fourth-order valence-electron chi connectivity index (χ4n) is 2.80. The average Bonchev–Trinajstić information content (AvgIpc) is 2.49.